The van der Waals surface area contributed by atoms with Gasteiger partial charge < -0.3 is 20.4 Å². The van der Waals surface area contributed by atoms with Crippen molar-refractivity contribution in [2.45, 2.75) is 65.0 Å². The van der Waals surface area contributed by atoms with Crippen molar-refractivity contribution >= 4 is 29.1 Å². The lowest BCUT2D eigenvalue weighted by atomic mass is 9.90. The van der Waals surface area contributed by atoms with Gasteiger partial charge in [0, 0.05) is 61.8 Å². The third-order valence-electron chi connectivity index (χ3n) is 7.93. The predicted octanol–water partition coefficient (Wildman–Crippen LogP) is 5.14. The Morgan fingerprint density at radius 3 is 2.32 bits per heavy atom. The number of nitrogens with two attached hydrogens (primary N) is 1. The number of rotatable bonds is 7. The molecule has 4 rings (SSSR count). The summed E-state index contributed by atoms with van der Waals surface area (Å²) in [6.07, 6.45) is 2.03. The van der Waals surface area contributed by atoms with Gasteiger partial charge in [-0.2, -0.15) is 0 Å². The fourth-order valence-electron chi connectivity index (χ4n) is 5.74. The molecule has 0 aromatic heterocycles. The van der Waals surface area contributed by atoms with E-state index in [1.807, 2.05) is 41.0 Å². The van der Waals surface area contributed by atoms with Gasteiger partial charge in [-0.1, -0.05) is 62.2 Å². The van der Waals surface area contributed by atoms with Crippen LogP contribution in [0.25, 0.3) is 0 Å². The van der Waals surface area contributed by atoms with Crippen LogP contribution in [0.15, 0.2) is 42.5 Å². The van der Waals surface area contributed by atoms with Crippen molar-refractivity contribution in [3.8, 4) is 0 Å². The predicted molar refractivity (Wildman–Crippen MR) is 151 cm³/mol. The second-order valence-corrected chi connectivity index (χ2v) is 11.3. The van der Waals surface area contributed by atoms with Crippen LogP contribution in [0.5, 0.6) is 0 Å². The summed E-state index contributed by atoms with van der Waals surface area (Å²) in [6, 6.07) is 13.7. The Bertz CT molecular complexity index is 1100. The fraction of sp³-hybridized carbons (Fsp3) is 0.533. The van der Waals surface area contributed by atoms with Crippen molar-refractivity contribution in [3.05, 3.63) is 64.2 Å². The molecule has 0 aliphatic carbocycles. The lowest BCUT2D eigenvalue weighted by Gasteiger charge is -2.40. The number of benzene rings is 2. The number of hydrogen-bond donors (Lipinski definition) is 1. The van der Waals surface area contributed by atoms with Crippen LogP contribution in [0, 0.1) is 12.8 Å². The van der Waals surface area contributed by atoms with Crippen molar-refractivity contribution in [2.75, 3.05) is 37.6 Å². The van der Waals surface area contributed by atoms with E-state index in [0.29, 0.717) is 37.0 Å². The smallest absolute Gasteiger partial charge is 0.246 e. The number of hydrogen-bond acceptors (Lipinski definition) is 4. The summed E-state index contributed by atoms with van der Waals surface area (Å²) in [5.41, 5.74) is 11.2. The lowest BCUT2D eigenvalue weighted by Crippen LogP contribution is -2.55. The molecule has 200 valence electrons. The molecule has 2 N–H and O–H groups in total. The highest BCUT2D eigenvalue weighted by Crippen LogP contribution is 2.36. The molecule has 2 aromatic carbocycles. The first-order valence-electron chi connectivity index (χ1n) is 13.7. The van der Waals surface area contributed by atoms with Gasteiger partial charge in [-0.15, -0.1) is 0 Å². The van der Waals surface area contributed by atoms with Gasteiger partial charge >= 0.3 is 0 Å². The molecule has 6 nitrogen and oxygen atoms in total. The van der Waals surface area contributed by atoms with E-state index in [4.69, 9.17) is 17.3 Å². The van der Waals surface area contributed by atoms with Crippen LogP contribution in [0.4, 0.5) is 5.69 Å². The second kappa shape index (κ2) is 11.9. The monoisotopic (exact) mass is 524 g/mol. The maximum absolute atomic E-state index is 14.0. The summed E-state index contributed by atoms with van der Waals surface area (Å²) in [4.78, 5) is 33.1. The molecule has 0 bridgehead atoms. The summed E-state index contributed by atoms with van der Waals surface area (Å²) < 4.78 is 0. The number of nitrogens with zero attached hydrogens (tertiary/aromatic N) is 3. The quantitative estimate of drug-likeness (QED) is 0.544. The van der Waals surface area contributed by atoms with Gasteiger partial charge in [-0.3, -0.25) is 9.59 Å². The molecular weight excluding hydrogens is 484 g/mol. The minimum Gasteiger partial charge on any atom is -0.368 e. The maximum atomic E-state index is 14.0. The van der Waals surface area contributed by atoms with Gasteiger partial charge in [0.2, 0.25) is 11.8 Å². The van der Waals surface area contributed by atoms with E-state index >= 15 is 0 Å². The average Bonchev–Trinajstić information content (AvgIpc) is 3.34. The summed E-state index contributed by atoms with van der Waals surface area (Å²) in [5, 5.41) is 0.673. The van der Waals surface area contributed by atoms with Gasteiger partial charge in [0.1, 0.15) is 6.04 Å². The Morgan fingerprint density at radius 2 is 1.70 bits per heavy atom. The normalized spacial score (nSPS) is 21.0. The lowest BCUT2D eigenvalue weighted by molar-refractivity contribution is -0.144. The zero-order valence-corrected chi connectivity index (χ0v) is 23.4. The molecule has 37 heavy (non-hydrogen) atoms. The molecule has 2 aliphatic rings. The number of piperazine rings is 1. The summed E-state index contributed by atoms with van der Waals surface area (Å²) in [5.74, 6) is 0.450. The molecule has 2 amide bonds. The van der Waals surface area contributed by atoms with Crippen LogP contribution in [0.1, 0.15) is 68.7 Å². The second-order valence-electron chi connectivity index (χ2n) is 10.9. The number of likely N-dealkylation sites (tertiary alicyclic amines) is 1. The van der Waals surface area contributed by atoms with Gasteiger partial charge in [0.15, 0.2) is 0 Å². The van der Waals surface area contributed by atoms with E-state index in [-0.39, 0.29) is 23.8 Å². The topological polar surface area (TPSA) is 69.9 Å². The SMILES string of the molecule is CCCC(=O)N1CC[C@H](c2ccc(Cl)cc2)[C@H]1C(=O)N1CCN(c2ccc(C)cc2[C@@H](N)C(C)C)CC1. The Labute approximate surface area is 226 Å². The van der Waals surface area contributed by atoms with Gasteiger partial charge in [0.05, 0.1) is 0 Å². The van der Waals surface area contributed by atoms with Crippen molar-refractivity contribution in [3.63, 3.8) is 0 Å². The number of anilines is 1. The molecular formula is C30H41ClN4O2. The van der Waals surface area contributed by atoms with Crippen molar-refractivity contribution in [2.24, 2.45) is 11.7 Å². The molecule has 0 radical (unpaired) electrons. The van der Waals surface area contributed by atoms with Gasteiger partial charge in [-0.05, 0) is 55.0 Å². The number of carbonyl (C=O) groups excluding carboxylic acids is 2. The third-order valence-corrected chi connectivity index (χ3v) is 8.18. The Morgan fingerprint density at radius 1 is 1.03 bits per heavy atom. The van der Waals surface area contributed by atoms with E-state index in [9.17, 15) is 9.59 Å². The molecule has 2 aromatic rings. The molecule has 2 aliphatic heterocycles. The van der Waals surface area contributed by atoms with Crippen molar-refractivity contribution < 1.29 is 9.59 Å². The van der Waals surface area contributed by atoms with Crippen LogP contribution >= 0.6 is 11.6 Å². The van der Waals surface area contributed by atoms with E-state index in [0.717, 1.165) is 31.5 Å². The van der Waals surface area contributed by atoms with E-state index in [1.165, 1.54) is 16.8 Å². The first-order valence-corrected chi connectivity index (χ1v) is 14.0. The zero-order valence-electron chi connectivity index (χ0n) is 22.6. The van der Waals surface area contributed by atoms with E-state index in [2.05, 4.69) is 43.9 Å². The van der Waals surface area contributed by atoms with Crippen LogP contribution in [-0.2, 0) is 9.59 Å². The molecule has 2 heterocycles. The maximum Gasteiger partial charge on any atom is 0.246 e. The highest BCUT2D eigenvalue weighted by atomic mass is 35.5. The fourth-order valence-corrected chi connectivity index (χ4v) is 5.86. The zero-order chi connectivity index (χ0) is 26.7. The Hall–Kier alpha value is -2.57. The number of aryl methyl sites for hydroxylation is 1. The molecule has 3 atom stereocenters. The van der Waals surface area contributed by atoms with E-state index < -0.39 is 6.04 Å². The minimum absolute atomic E-state index is 0.0173. The summed E-state index contributed by atoms with van der Waals surface area (Å²) >= 11 is 6.13. The number of amides is 2. The van der Waals surface area contributed by atoms with Crippen LogP contribution in [0.2, 0.25) is 5.02 Å². The van der Waals surface area contributed by atoms with Crippen molar-refractivity contribution in [1.29, 1.82) is 0 Å². The van der Waals surface area contributed by atoms with Gasteiger partial charge in [0.25, 0.3) is 0 Å². The molecule has 0 spiro atoms. The van der Waals surface area contributed by atoms with Crippen LogP contribution in [0.3, 0.4) is 0 Å². The van der Waals surface area contributed by atoms with Gasteiger partial charge in [-0.25, -0.2) is 0 Å². The largest absolute Gasteiger partial charge is 0.368 e. The Balaban J connectivity index is 1.53. The first-order chi connectivity index (χ1) is 17.7. The van der Waals surface area contributed by atoms with Crippen LogP contribution in [-0.4, -0.2) is 60.4 Å². The molecule has 7 heteroatoms. The summed E-state index contributed by atoms with van der Waals surface area (Å²) in [7, 11) is 0. The highest BCUT2D eigenvalue weighted by Gasteiger charge is 2.44. The first kappa shape index (κ1) is 27.5. The van der Waals surface area contributed by atoms with Crippen molar-refractivity contribution in [1.82, 2.24) is 9.80 Å². The number of halogens is 1. The average molecular weight is 525 g/mol. The summed E-state index contributed by atoms with van der Waals surface area (Å²) in [6.45, 7) is 11.8. The Kier molecular flexibility index (Phi) is 8.81. The number of carbonyl (C=O) groups is 2. The molecule has 0 unspecified atom stereocenters. The molecule has 2 saturated heterocycles. The van der Waals surface area contributed by atoms with Crippen LogP contribution < -0.4 is 10.6 Å². The van der Waals surface area contributed by atoms with E-state index in [1.54, 1.807) is 0 Å². The minimum atomic E-state index is -0.462. The molecule has 2 fully saturated rings. The standard InChI is InChI=1S/C30H41ClN4O2/c1-5-6-27(36)35-14-13-24(22-8-10-23(31)11-9-22)29(35)30(37)34-17-15-33(16-18-34)26-12-7-21(4)19-25(26)28(32)20(2)3/h7-12,19-20,24,28-29H,5-6,13-18,32H2,1-4H3/t24-,28+,29+/m1/s1. The highest BCUT2D eigenvalue weighted by molar-refractivity contribution is 6.30. The molecule has 0 saturated carbocycles. The third kappa shape index (κ3) is 5.96.